The molecule has 5 heteroatoms. The highest BCUT2D eigenvalue weighted by Crippen LogP contribution is 2.16. The summed E-state index contributed by atoms with van der Waals surface area (Å²) in [6.07, 6.45) is 3.57. The first-order valence-corrected chi connectivity index (χ1v) is 6.25. The van der Waals surface area contributed by atoms with Crippen LogP contribution in [0.2, 0.25) is 0 Å². The molecule has 0 amide bonds. The van der Waals surface area contributed by atoms with E-state index < -0.39 is 0 Å². The number of nitrogens with one attached hydrogen (secondary N) is 1. The number of rotatable bonds is 4. The third-order valence-electron chi connectivity index (χ3n) is 3.13. The molecule has 3 aromatic heterocycles. The third-order valence-corrected chi connectivity index (χ3v) is 3.13. The van der Waals surface area contributed by atoms with Crippen LogP contribution in [0.3, 0.4) is 0 Å². The van der Waals surface area contributed by atoms with Crippen molar-refractivity contribution < 1.29 is 4.42 Å². The number of aromatic nitrogens is 3. The predicted octanol–water partition coefficient (Wildman–Crippen LogP) is 2.16. The van der Waals surface area contributed by atoms with Gasteiger partial charge >= 0.3 is 0 Å². The van der Waals surface area contributed by atoms with E-state index in [0.717, 1.165) is 41.1 Å². The topological polar surface area (TPSA) is 55.9 Å². The quantitative estimate of drug-likeness (QED) is 0.777. The molecule has 5 nitrogen and oxygen atoms in total. The minimum Gasteiger partial charge on any atom is -0.468 e. The second-order valence-corrected chi connectivity index (χ2v) is 4.61. The molecule has 3 heterocycles. The molecule has 0 aromatic carbocycles. The zero-order valence-electron chi connectivity index (χ0n) is 11.1. The summed E-state index contributed by atoms with van der Waals surface area (Å²) in [5.41, 5.74) is 3.08. The molecular weight excluding hydrogens is 240 g/mol. The van der Waals surface area contributed by atoms with Gasteiger partial charge in [-0.2, -0.15) is 5.10 Å². The van der Waals surface area contributed by atoms with Crippen LogP contribution in [0, 0.1) is 6.92 Å². The number of hydrogen-bond donors (Lipinski definition) is 1. The van der Waals surface area contributed by atoms with Gasteiger partial charge < -0.3 is 9.73 Å². The fourth-order valence-corrected chi connectivity index (χ4v) is 2.19. The van der Waals surface area contributed by atoms with E-state index in [-0.39, 0.29) is 0 Å². The Morgan fingerprint density at radius 3 is 3.05 bits per heavy atom. The van der Waals surface area contributed by atoms with E-state index in [2.05, 4.69) is 21.5 Å². The largest absolute Gasteiger partial charge is 0.468 e. The predicted molar refractivity (Wildman–Crippen MR) is 72.5 cm³/mol. The number of pyridine rings is 1. The molecule has 19 heavy (non-hydrogen) atoms. The van der Waals surface area contributed by atoms with E-state index in [1.54, 1.807) is 6.26 Å². The molecule has 0 unspecified atom stereocenters. The molecule has 0 spiro atoms. The van der Waals surface area contributed by atoms with Crippen LogP contribution in [0.15, 0.2) is 35.1 Å². The number of hydrogen-bond acceptors (Lipinski definition) is 4. The lowest BCUT2D eigenvalue weighted by Crippen LogP contribution is -2.12. The van der Waals surface area contributed by atoms with Crippen molar-refractivity contribution in [2.24, 2.45) is 7.05 Å². The van der Waals surface area contributed by atoms with Gasteiger partial charge in [-0.3, -0.25) is 4.68 Å². The molecule has 0 atom stereocenters. The highest BCUT2D eigenvalue weighted by molar-refractivity contribution is 5.78. The van der Waals surface area contributed by atoms with Crippen molar-refractivity contribution in [1.82, 2.24) is 20.1 Å². The summed E-state index contributed by atoms with van der Waals surface area (Å²) in [4.78, 5) is 4.45. The zero-order valence-corrected chi connectivity index (χ0v) is 11.1. The Kier molecular flexibility index (Phi) is 3.05. The van der Waals surface area contributed by atoms with Crippen molar-refractivity contribution in [3.8, 4) is 0 Å². The van der Waals surface area contributed by atoms with Gasteiger partial charge in [0.25, 0.3) is 0 Å². The van der Waals surface area contributed by atoms with Gasteiger partial charge in [-0.15, -0.1) is 0 Å². The Morgan fingerprint density at radius 2 is 2.26 bits per heavy atom. The van der Waals surface area contributed by atoms with Gasteiger partial charge in [0.1, 0.15) is 5.76 Å². The summed E-state index contributed by atoms with van der Waals surface area (Å²) in [6.45, 7) is 3.49. The molecule has 0 saturated heterocycles. The highest BCUT2D eigenvalue weighted by Gasteiger charge is 2.06. The number of furan rings is 1. The van der Waals surface area contributed by atoms with Crippen molar-refractivity contribution in [3.63, 3.8) is 0 Å². The lowest BCUT2D eigenvalue weighted by Gasteiger charge is -2.03. The van der Waals surface area contributed by atoms with Gasteiger partial charge in [-0.1, -0.05) is 0 Å². The Morgan fingerprint density at radius 1 is 1.37 bits per heavy atom. The number of aryl methyl sites for hydroxylation is 2. The van der Waals surface area contributed by atoms with E-state index in [1.807, 2.05) is 37.0 Å². The molecule has 0 radical (unpaired) electrons. The first-order valence-electron chi connectivity index (χ1n) is 6.25. The number of nitrogens with zero attached hydrogens (tertiary/aromatic N) is 3. The van der Waals surface area contributed by atoms with E-state index in [0.29, 0.717) is 0 Å². The van der Waals surface area contributed by atoms with Gasteiger partial charge in [-0.25, -0.2) is 4.98 Å². The van der Waals surface area contributed by atoms with Crippen LogP contribution in [0.1, 0.15) is 17.0 Å². The molecule has 98 valence electrons. The van der Waals surface area contributed by atoms with Crippen molar-refractivity contribution in [2.75, 3.05) is 0 Å². The lowest BCUT2D eigenvalue weighted by atomic mass is 10.2. The van der Waals surface area contributed by atoms with Crippen LogP contribution in [0.25, 0.3) is 11.0 Å². The smallest absolute Gasteiger partial charge is 0.157 e. The molecule has 0 bridgehead atoms. The maximum atomic E-state index is 5.27. The van der Waals surface area contributed by atoms with Crippen molar-refractivity contribution in [2.45, 2.75) is 20.0 Å². The van der Waals surface area contributed by atoms with Crippen molar-refractivity contribution in [3.05, 3.63) is 47.7 Å². The molecule has 1 N–H and O–H groups in total. The second kappa shape index (κ2) is 4.85. The van der Waals surface area contributed by atoms with E-state index in [4.69, 9.17) is 4.42 Å². The molecule has 0 aliphatic rings. The third kappa shape index (κ3) is 2.37. The Bertz CT molecular complexity index is 685. The average molecular weight is 256 g/mol. The summed E-state index contributed by atoms with van der Waals surface area (Å²) in [5, 5.41) is 8.82. The lowest BCUT2D eigenvalue weighted by molar-refractivity contribution is 0.483. The maximum Gasteiger partial charge on any atom is 0.157 e. The Balaban J connectivity index is 1.73. The van der Waals surface area contributed by atoms with Crippen LogP contribution in [-0.2, 0) is 20.1 Å². The zero-order chi connectivity index (χ0) is 13.2. The van der Waals surface area contributed by atoms with Gasteiger partial charge in [0.2, 0.25) is 0 Å². The molecule has 3 aromatic rings. The van der Waals surface area contributed by atoms with Gasteiger partial charge in [0.15, 0.2) is 5.65 Å². The monoisotopic (exact) mass is 256 g/mol. The van der Waals surface area contributed by atoms with E-state index >= 15 is 0 Å². The van der Waals surface area contributed by atoms with Crippen LogP contribution in [-0.4, -0.2) is 14.8 Å². The molecule has 3 rings (SSSR count). The molecule has 0 aliphatic carbocycles. The standard InChI is InChI=1S/C14H16N4O/c1-10-13-6-11(8-16-14(13)18(2)17-10)7-15-9-12-4-3-5-19-12/h3-6,8,15H,7,9H2,1-2H3. The van der Waals surface area contributed by atoms with Crippen molar-refractivity contribution >= 4 is 11.0 Å². The Hall–Kier alpha value is -2.14. The van der Waals surface area contributed by atoms with E-state index in [9.17, 15) is 0 Å². The minimum absolute atomic E-state index is 0.719. The summed E-state index contributed by atoms with van der Waals surface area (Å²) in [6, 6.07) is 5.99. The fourth-order valence-electron chi connectivity index (χ4n) is 2.19. The first kappa shape index (κ1) is 11.9. The Labute approximate surface area is 111 Å². The highest BCUT2D eigenvalue weighted by atomic mass is 16.3. The van der Waals surface area contributed by atoms with Gasteiger partial charge in [-0.05, 0) is 30.7 Å². The van der Waals surface area contributed by atoms with Crippen LogP contribution in [0.5, 0.6) is 0 Å². The summed E-state index contributed by atoms with van der Waals surface area (Å²) in [5.74, 6) is 0.937. The van der Waals surface area contributed by atoms with Crippen LogP contribution < -0.4 is 5.32 Å². The van der Waals surface area contributed by atoms with Crippen LogP contribution in [0.4, 0.5) is 0 Å². The fraction of sp³-hybridized carbons (Fsp3) is 0.286. The maximum absolute atomic E-state index is 5.27. The summed E-state index contributed by atoms with van der Waals surface area (Å²) >= 11 is 0. The molecular formula is C14H16N4O. The van der Waals surface area contributed by atoms with E-state index in [1.165, 1.54) is 0 Å². The second-order valence-electron chi connectivity index (χ2n) is 4.61. The minimum atomic E-state index is 0.719. The molecule has 0 saturated carbocycles. The summed E-state index contributed by atoms with van der Waals surface area (Å²) in [7, 11) is 1.91. The van der Waals surface area contributed by atoms with Crippen LogP contribution >= 0.6 is 0 Å². The molecule has 0 fully saturated rings. The normalized spacial score (nSPS) is 11.3. The van der Waals surface area contributed by atoms with Gasteiger partial charge in [0, 0.05) is 25.2 Å². The number of fused-ring (bicyclic) bond motifs is 1. The molecule has 0 aliphatic heterocycles. The average Bonchev–Trinajstić information content (AvgIpc) is 3.00. The van der Waals surface area contributed by atoms with Gasteiger partial charge in [0.05, 0.1) is 18.5 Å². The SMILES string of the molecule is Cc1nn(C)c2ncc(CNCc3ccco3)cc12. The first-order chi connectivity index (χ1) is 9.24. The summed E-state index contributed by atoms with van der Waals surface area (Å²) < 4.78 is 7.08. The van der Waals surface area contributed by atoms with Crippen molar-refractivity contribution in [1.29, 1.82) is 0 Å².